The van der Waals surface area contributed by atoms with E-state index in [1.54, 1.807) is 0 Å². The molecule has 2 aromatic rings. The van der Waals surface area contributed by atoms with Crippen LogP contribution in [0.1, 0.15) is 63.4 Å². The zero-order valence-electron chi connectivity index (χ0n) is 21.4. The molecular weight excluding hydrogens is 489 g/mol. The van der Waals surface area contributed by atoms with E-state index in [0.29, 0.717) is 41.3 Å². The number of hydrogen-bond acceptors (Lipinski definition) is 6. The summed E-state index contributed by atoms with van der Waals surface area (Å²) in [5, 5.41) is 21.1. The Balaban J connectivity index is 1.06. The summed E-state index contributed by atoms with van der Waals surface area (Å²) in [5.41, 5.74) is 1.18. The second-order valence-corrected chi connectivity index (χ2v) is 12.7. The van der Waals surface area contributed by atoms with Gasteiger partial charge in [0.05, 0.1) is 12.3 Å². The second kappa shape index (κ2) is 10.7. The maximum Gasteiger partial charge on any atom is 0.225 e. The number of aromatic nitrogens is 2. The average molecular weight is 528 g/mol. The summed E-state index contributed by atoms with van der Waals surface area (Å²) in [6.45, 7) is 2.34. The fourth-order valence-electron chi connectivity index (χ4n) is 8.06. The van der Waals surface area contributed by atoms with Crippen LogP contribution in [0.3, 0.4) is 0 Å². The first-order valence-electron chi connectivity index (χ1n) is 14.1. The van der Waals surface area contributed by atoms with Gasteiger partial charge in [-0.15, -0.1) is 0 Å². The number of aliphatic hydroxyl groups is 1. The van der Waals surface area contributed by atoms with Crippen molar-refractivity contribution in [2.75, 3.05) is 23.7 Å². The maximum atomic E-state index is 14.7. The molecule has 1 aromatic heterocycles. The van der Waals surface area contributed by atoms with E-state index in [1.807, 2.05) is 24.3 Å². The topological polar surface area (TPSA) is 82.1 Å². The van der Waals surface area contributed by atoms with E-state index in [4.69, 9.17) is 11.6 Å². The van der Waals surface area contributed by atoms with Gasteiger partial charge in [0.25, 0.3) is 0 Å². The van der Waals surface area contributed by atoms with Crippen molar-refractivity contribution >= 4 is 23.4 Å². The number of aliphatic hydroxyl groups excluding tert-OH is 1. The summed E-state index contributed by atoms with van der Waals surface area (Å²) in [4.78, 5) is 8.58. The molecule has 37 heavy (non-hydrogen) atoms. The van der Waals surface area contributed by atoms with Crippen molar-refractivity contribution in [3.05, 3.63) is 46.9 Å². The fourth-order valence-corrected chi connectivity index (χ4v) is 8.26. The van der Waals surface area contributed by atoms with Crippen molar-refractivity contribution in [2.45, 2.75) is 76.5 Å². The molecule has 5 aliphatic carbocycles. The Morgan fingerprint density at radius 3 is 2.54 bits per heavy atom. The molecule has 6 nitrogen and oxygen atoms in total. The smallest absolute Gasteiger partial charge is 0.225 e. The van der Waals surface area contributed by atoms with E-state index in [-0.39, 0.29) is 17.3 Å². The fraction of sp³-hybridized carbons (Fsp3) is 0.655. The summed E-state index contributed by atoms with van der Waals surface area (Å²) in [5.74, 6) is 3.19. The summed E-state index contributed by atoms with van der Waals surface area (Å²) >= 11 is 6.25. The molecule has 5 aliphatic rings. The monoisotopic (exact) mass is 527 g/mol. The van der Waals surface area contributed by atoms with Gasteiger partial charge in [0.15, 0.2) is 11.6 Å². The van der Waals surface area contributed by atoms with Gasteiger partial charge in [-0.05, 0) is 105 Å². The van der Waals surface area contributed by atoms with Crippen LogP contribution >= 0.6 is 11.6 Å². The lowest BCUT2D eigenvalue weighted by Gasteiger charge is -2.60. The molecule has 0 amide bonds. The zero-order chi connectivity index (χ0) is 25.4. The molecule has 5 saturated carbocycles. The van der Waals surface area contributed by atoms with Crippen molar-refractivity contribution in [1.82, 2.24) is 15.3 Å². The first-order valence-corrected chi connectivity index (χ1v) is 14.5. The van der Waals surface area contributed by atoms with E-state index in [2.05, 4.69) is 25.9 Å². The zero-order valence-corrected chi connectivity index (χ0v) is 22.2. The van der Waals surface area contributed by atoms with E-state index in [9.17, 15) is 9.50 Å². The molecule has 5 fully saturated rings. The molecule has 0 radical (unpaired) electrons. The number of hydrogen-bond donors (Lipinski definition) is 4. The highest BCUT2D eigenvalue weighted by atomic mass is 35.5. The van der Waals surface area contributed by atoms with Crippen LogP contribution in [-0.2, 0) is 6.54 Å². The normalized spacial score (nSPS) is 34.5. The van der Waals surface area contributed by atoms with Crippen LogP contribution in [0, 0.1) is 34.9 Å². The van der Waals surface area contributed by atoms with Gasteiger partial charge in [-0.3, -0.25) is 0 Å². The van der Waals surface area contributed by atoms with Gasteiger partial charge in [-0.1, -0.05) is 29.8 Å². The molecule has 1 heterocycles. The van der Waals surface area contributed by atoms with Crippen molar-refractivity contribution < 1.29 is 9.50 Å². The Morgan fingerprint density at radius 1 is 1.03 bits per heavy atom. The Kier molecular flexibility index (Phi) is 7.30. The van der Waals surface area contributed by atoms with Gasteiger partial charge in [0, 0.05) is 24.2 Å². The highest BCUT2D eigenvalue weighted by molar-refractivity contribution is 6.31. The number of nitrogens with one attached hydrogen (secondary N) is 3. The third kappa shape index (κ3) is 5.59. The van der Waals surface area contributed by atoms with Crippen LogP contribution in [0.5, 0.6) is 0 Å². The molecule has 200 valence electrons. The molecule has 0 saturated heterocycles. The molecule has 0 aliphatic heterocycles. The average Bonchev–Trinajstić information content (AvgIpc) is 2.88. The summed E-state index contributed by atoms with van der Waals surface area (Å²) in [6.07, 6.45) is 11.7. The molecule has 1 aromatic carbocycles. The highest BCUT2D eigenvalue weighted by Crippen LogP contribution is 2.60. The molecular formula is C29H39ClFN5O. The van der Waals surface area contributed by atoms with Gasteiger partial charge >= 0.3 is 0 Å². The quantitative estimate of drug-likeness (QED) is 0.338. The summed E-state index contributed by atoms with van der Waals surface area (Å²) in [7, 11) is 0. The lowest BCUT2D eigenvalue weighted by molar-refractivity contribution is -0.0705. The van der Waals surface area contributed by atoms with Crippen molar-refractivity contribution in [3.8, 4) is 0 Å². The van der Waals surface area contributed by atoms with Gasteiger partial charge in [0.2, 0.25) is 5.95 Å². The predicted molar refractivity (Wildman–Crippen MR) is 145 cm³/mol. The van der Waals surface area contributed by atoms with Crippen molar-refractivity contribution in [1.29, 1.82) is 0 Å². The number of rotatable bonds is 9. The van der Waals surface area contributed by atoms with Crippen LogP contribution in [0.15, 0.2) is 30.5 Å². The molecule has 7 rings (SSSR count). The number of halogens is 2. The van der Waals surface area contributed by atoms with Crippen LogP contribution < -0.4 is 16.0 Å². The van der Waals surface area contributed by atoms with E-state index < -0.39 is 5.82 Å². The Labute approximate surface area is 224 Å². The summed E-state index contributed by atoms with van der Waals surface area (Å²) in [6, 6.07) is 8.26. The third-order valence-electron chi connectivity index (χ3n) is 9.63. The third-order valence-corrected chi connectivity index (χ3v) is 10.00. The molecule has 8 heteroatoms. The minimum Gasteiger partial charge on any atom is -0.393 e. The SMILES string of the molecule is O[C@H]1CC[C@H](CN[C@@H]2[C@@H]3CC4C[C@H]2C[C@@](CNc2nc(NCc5ccccc5Cl)ncc2F)(C4)C3)CC1. The maximum absolute atomic E-state index is 14.7. The Morgan fingerprint density at radius 2 is 1.78 bits per heavy atom. The van der Waals surface area contributed by atoms with E-state index in [1.165, 1.54) is 38.3 Å². The second-order valence-electron chi connectivity index (χ2n) is 12.3. The van der Waals surface area contributed by atoms with Crippen molar-refractivity contribution in [2.24, 2.45) is 29.1 Å². The molecule has 4 N–H and O–H groups in total. The molecule has 5 atom stereocenters. The Hall–Kier alpha value is -1.96. The summed E-state index contributed by atoms with van der Waals surface area (Å²) < 4.78 is 14.7. The predicted octanol–water partition coefficient (Wildman–Crippen LogP) is 5.63. The van der Waals surface area contributed by atoms with Crippen LogP contribution in [0.25, 0.3) is 0 Å². The number of nitrogens with zero attached hydrogens (tertiary/aromatic N) is 2. The van der Waals surface area contributed by atoms with Crippen LogP contribution in [0.4, 0.5) is 16.2 Å². The minimum atomic E-state index is -0.412. The first-order chi connectivity index (χ1) is 18.0. The molecule has 4 bridgehead atoms. The lowest BCUT2D eigenvalue weighted by Crippen LogP contribution is -2.60. The van der Waals surface area contributed by atoms with E-state index >= 15 is 0 Å². The van der Waals surface area contributed by atoms with Crippen molar-refractivity contribution in [3.63, 3.8) is 0 Å². The minimum absolute atomic E-state index is 0.0845. The standard InChI is InChI=1S/C29H39ClFN5O/c30-24-4-2-1-3-20(24)15-33-28-34-16-25(31)27(36-28)35-17-29-11-19-9-21(12-29)26(22(10-19)13-29)32-14-18-5-7-23(37)8-6-18/h1-4,16,18-19,21-23,26,32,37H,5-15,17H2,(H2,33,34,35,36)/t18-,19?,21-,22+,23-,26-,29-. The lowest BCUT2D eigenvalue weighted by atomic mass is 9.48. The van der Waals surface area contributed by atoms with E-state index in [0.717, 1.165) is 50.3 Å². The molecule has 0 spiro atoms. The number of anilines is 2. The number of benzene rings is 1. The first kappa shape index (κ1) is 25.3. The molecule has 1 unspecified atom stereocenters. The van der Waals surface area contributed by atoms with Crippen LogP contribution in [-0.4, -0.2) is 40.3 Å². The van der Waals surface area contributed by atoms with Gasteiger partial charge in [-0.25, -0.2) is 9.37 Å². The van der Waals surface area contributed by atoms with Crippen LogP contribution in [0.2, 0.25) is 5.02 Å². The Bertz CT molecular complexity index is 1080. The highest BCUT2D eigenvalue weighted by Gasteiger charge is 2.55. The van der Waals surface area contributed by atoms with Gasteiger partial charge in [-0.2, -0.15) is 4.98 Å². The van der Waals surface area contributed by atoms with Gasteiger partial charge < -0.3 is 21.1 Å². The largest absolute Gasteiger partial charge is 0.393 e. The van der Waals surface area contributed by atoms with Gasteiger partial charge in [0.1, 0.15) is 0 Å².